The molecule has 150 valence electrons. The van der Waals surface area contributed by atoms with Crippen LogP contribution in [0.5, 0.6) is 0 Å². The number of hydrogen-bond donors (Lipinski definition) is 2. The van der Waals surface area contributed by atoms with E-state index in [9.17, 15) is 0 Å². The van der Waals surface area contributed by atoms with Crippen LogP contribution in [-0.2, 0) is 6.42 Å². The Hall–Kier alpha value is -1.19. The van der Waals surface area contributed by atoms with Crippen LogP contribution in [0.2, 0.25) is 0 Å². The van der Waals surface area contributed by atoms with Crippen LogP contribution in [0.15, 0.2) is 40.7 Å². The summed E-state index contributed by atoms with van der Waals surface area (Å²) in [6.07, 6.45) is 0.906. The number of aryl methyl sites for hydroxylation is 1. The zero-order chi connectivity index (χ0) is 18.8. The van der Waals surface area contributed by atoms with Gasteiger partial charge in [0.2, 0.25) is 0 Å². The van der Waals surface area contributed by atoms with Crippen molar-refractivity contribution in [2.75, 3.05) is 33.2 Å². The molecular weight excluding hydrogens is 469 g/mol. The third-order valence-corrected chi connectivity index (χ3v) is 5.29. The van der Waals surface area contributed by atoms with E-state index in [1.165, 1.54) is 5.56 Å². The van der Waals surface area contributed by atoms with Crippen LogP contribution >= 0.6 is 35.3 Å². The van der Waals surface area contributed by atoms with E-state index in [1.807, 2.05) is 14.0 Å². The third-order valence-electron chi connectivity index (χ3n) is 4.46. The van der Waals surface area contributed by atoms with E-state index in [0.29, 0.717) is 6.04 Å². The fourth-order valence-electron chi connectivity index (χ4n) is 3.04. The highest BCUT2D eigenvalue weighted by molar-refractivity contribution is 14.0. The summed E-state index contributed by atoms with van der Waals surface area (Å²) < 4.78 is 0. The number of thiazole rings is 1. The molecule has 0 saturated carbocycles. The van der Waals surface area contributed by atoms with Gasteiger partial charge < -0.3 is 10.6 Å². The van der Waals surface area contributed by atoms with Gasteiger partial charge in [-0.3, -0.25) is 9.89 Å². The van der Waals surface area contributed by atoms with Gasteiger partial charge in [-0.15, -0.1) is 35.3 Å². The summed E-state index contributed by atoms with van der Waals surface area (Å²) in [7, 11) is 1.82. The highest BCUT2D eigenvalue weighted by Gasteiger charge is 2.18. The summed E-state index contributed by atoms with van der Waals surface area (Å²) in [4.78, 5) is 11.3. The van der Waals surface area contributed by atoms with Crippen LogP contribution in [0, 0.1) is 6.92 Å². The number of rotatable bonds is 9. The van der Waals surface area contributed by atoms with Crippen LogP contribution in [0.4, 0.5) is 0 Å². The average Bonchev–Trinajstić information content (AvgIpc) is 3.09. The van der Waals surface area contributed by atoms with Gasteiger partial charge in [-0.1, -0.05) is 44.2 Å². The maximum absolute atomic E-state index is 4.50. The first-order chi connectivity index (χ1) is 12.7. The molecule has 2 N–H and O–H groups in total. The fraction of sp³-hybridized carbons (Fsp3) is 0.500. The van der Waals surface area contributed by atoms with E-state index < -0.39 is 0 Å². The number of halogens is 1. The van der Waals surface area contributed by atoms with Crippen LogP contribution in [-0.4, -0.2) is 49.1 Å². The van der Waals surface area contributed by atoms with E-state index in [-0.39, 0.29) is 24.0 Å². The highest BCUT2D eigenvalue weighted by atomic mass is 127. The topological polar surface area (TPSA) is 52.5 Å². The molecule has 1 heterocycles. The molecule has 5 nitrogen and oxygen atoms in total. The molecule has 0 amide bonds. The van der Waals surface area contributed by atoms with Gasteiger partial charge in [-0.05, 0) is 25.6 Å². The Morgan fingerprint density at radius 2 is 1.89 bits per heavy atom. The summed E-state index contributed by atoms with van der Waals surface area (Å²) in [5, 5.41) is 10.1. The Labute approximate surface area is 184 Å². The number of benzene rings is 1. The van der Waals surface area contributed by atoms with Gasteiger partial charge in [0.15, 0.2) is 5.96 Å². The van der Waals surface area contributed by atoms with Crippen LogP contribution < -0.4 is 10.6 Å². The molecule has 1 atom stereocenters. The maximum Gasteiger partial charge on any atom is 0.191 e. The predicted octanol–water partition coefficient (Wildman–Crippen LogP) is 3.86. The fourth-order valence-corrected chi connectivity index (χ4v) is 3.69. The van der Waals surface area contributed by atoms with Gasteiger partial charge in [0.25, 0.3) is 0 Å². The molecule has 0 fully saturated rings. The van der Waals surface area contributed by atoms with Gasteiger partial charge in [-0.2, -0.15) is 0 Å². The summed E-state index contributed by atoms with van der Waals surface area (Å²) in [6, 6.07) is 11.0. The third kappa shape index (κ3) is 7.75. The maximum atomic E-state index is 4.50. The second-order valence-electron chi connectivity index (χ2n) is 6.14. The van der Waals surface area contributed by atoms with Crippen LogP contribution in [0.25, 0.3) is 0 Å². The number of likely N-dealkylation sites (N-methyl/N-ethyl adjacent to an activating group) is 1. The number of aromatic nitrogens is 1. The number of nitrogens with zero attached hydrogens (tertiary/aromatic N) is 3. The summed E-state index contributed by atoms with van der Waals surface area (Å²) in [5.74, 6) is 0.838. The highest BCUT2D eigenvalue weighted by Crippen LogP contribution is 2.19. The minimum atomic E-state index is 0. The van der Waals surface area contributed by atoms with Crippen molar-refractivity contribution >= 4 is 41.3 Å². The van der Waals surface area contributed by atoms with Crippen molar-refractivity contribution in [3.63, 3.8) is 0 Å². The predicted molar refractivity (Wildman–Crippen MR) is 127 cm³/mol. The van der Waals surface area contributed by atoms with E-state index >= 15 is 0 Å². The Morgan fingerprint density at radius 1 is 1.19 bits per heavy atom. The van der Waals surface area contributed by atoms with Crippen molar-refractivity contribution in [3.8, 4) is 0 Å². The first-order valence-corrected chi connectivity index (χ1v) is 10.2. The van der Waals surface area contributed by atoms with Crippen molar-refractivity contribution < 1.29 is 0 Å². The van der Waals surface area contributed by atoms with Gasteiger partial charge in [0.1, 0.15) is 0 Å². The van der Waals surface area contributed by atoms with Gasteiger partial charge in [0, 0.05) is 31.9 Å². The van der Waals surface area contributed by atoms with Crippen molar-refractivity contribution in [2.24, 2.45) is 4.99 Å². The first kappa shape index (κ1) is 23.8. The largest absolute Gasteiger partial charge is 0.356 e. The number of nitrogens with one attached hydrogen (secondary N) is 2. The molecule has 0 radical (unpaired) electrons. The molecular formula is C20H32IN5S. The first-order valence-electron chi connectivity index (χ1n) is 9.32. The second-order valence-corrected chi connectivity index (χ2v) is 7.20. The lowest BCUT2D eigenvalue weighted by molar-refractivity contribution is 0.219. The molecule has 0 saturated heterocycles. The number of hydrogen-bond acceptors (Lipinski definition) is 4. The SMILES string of the molecule is CCN(CC)C(CNC(=NC)NCCc1csc(C)n1)c1ccccc1.I. The van der Waals surface area contributed by atoms with Crippen LogP contribution in [0.1, 0.15) is 36.2 Å². The number of aliphatic imine (C=N–C) groups is 1. The molecule has 0 aliphatic carbocycles. The van der Waals surface area contributed by atoms with Crippen molar-refractivity contribution in [1.82, 2.24) is 20.5 Å². The molecule has 1 aromatic heterocycles. The van der Waals surface area contributed by atoms with Gasteiger partial charge in [0.05, 0.1) is 16.7 Å². The van der Waals surface area contributed by atoms with Crippen molar-refractivity contribution in [2.45, 2.75) is 33.2 Å². The molecule has 1 unspecified atom stereocenters. The van der Waals surface area contributed by atoms with Gasteiger partial charge >= 0.3 is 0 Å². The molecule has 1 aromatic carbocycles. The molecule has 2 rings (SSSR count). The normalized spacial score (nSPS) is 12.6. The van der Waals surface area contributed by atoms with Crippen molar-refractivity contribution in [3.05, 3.63) is 52.0 Å². The lowest BCUT2D eigenvalue weighted by atomic mass is 10.1. The lowest BCUT2D eigenvalue weighted by Gasteiger charge is -2.30. The van der Waals surface area contributed by atoms with E-state index in [1.54, 1.807) is 11.3 Å². The summed E-state index contributed by atoms with van der Waals surface area (Å²) >= 11 is 1.70. The Morgan fingerprint density at radius 3 is 2.44 bits per heavy atom. The molecule has 0 aliphatic heterocycles. The standard InChI is InChI=1S/C20H31N5S.HI/c1-5-25(6-2)19(17-10-8-7-9-11-17)14-23-20(21-4)22-13-12-18-15-26-16(3)24-18;/h7-11,15,19H,5-6,12-14H2,1-4H3,(H2,21,22,23);1H. The zero-order valence-electron chi connectivity index (χ0n) is 16.7. The molecule has 7 heteroatoms. The number of guanidine groups is 1. The van der Waals surface area contributed by atoms with E-state index in [4.69, 9.17) is 0 Å². The Balaban J connectivity index is 0.00000364. The molecule has 0 bridgehead atoms. The minimum Gasteiger partial charge on any atom is -0.356 e. The van der Waals surface area contributed by atoms with E-state index in [0.717, 1.165) is 49.3 Å². The molecule has 27 heavy (non-hydrogen) atoms. The lowest BCUT2D eigenvalue weighted by Crippen LogP contribution is -2.43. The van der Waals surface area contributed by atoms with Crippen LogP contribution in [0.3, 0.4) is 0 Å². The Bertz CT molecular complexity index is 670. The van der Waals surface area contributed by atoms with E-state index in [2.05, 4.69) is 75.1 Å². The quantitative estimate of drug-likeness (QED) is 0.311. The van der Waals surface area contributed by atoms with Crippen molar-refractivity contribution in [1.29, 1.82) is 0 Å². The molecule has 2 aromatic rings. The monoisotopic (exact) mass is 501 g/mol. The smallest absolute Gasteiger partial charge is 0.191 e. The average molecular weight is 501 g/mol. The Kier molecular flexibility index (Phi) is 11.5. The summed E-state index contributed by atoms with van der Waals surface area (Å²) in [5.41, 5.74) is 2.47. The van der Waals surface area contributed by atoms with Gasteiger partial charge in [-0.25, -0.2) is 4.98 Å². The molecule has 0 aliphatic rings. The summed E-state index contributed by atoms with van der Waals surface area (Å²) in [6.45, 7) is 10.1. The molecule has 0 spiro atoms. The minimum absolute atomic E-state index is 0. The zero-order valence-corrected chi connectivity index (χ0v) is 19.9. The second kappa shape index (κ2) is 13.1.